The van der Waals surface area contributed by atoms with Gasteiger partial charge in [0.2, 0.25) is 0 Å². The number of aromatic nitrogens is 2. The summed E-state index contributed by atoms with van der Waals surface area (Å²) in [6.07, 6.45) is 0. The second kappa shape index (κ2) is 7.68. The van der Waals surface area contributed by atoms with Gasteiger partial charge in [0.1, 0.15) is 5.82 Å². The van der Waals surface area contributed by atoms with Crippen molar-refractivity contribution < 1.29 is 9.18 Å². The monoisotopic (exact) mass is 405 g/mol. The highest BCUT2D eigenvalue weighted by Crippen LogP contribution is 2.19. The average molecular weight is 406 g/mol. The first-order valence-electron chi connectivity index (χ1n) is 7.65. The van der Waals surface area contributed by atoms with Crippen LogP contribution in [-0.2, 0) is 7.05 Å². The number of nitrogens with one attached hydrogen (secondary N) is 3. The van der Waals surface area contributed by atoms with Crippen LogP contribution in [0.3, 0.4) is 0 Å². The van der Waals surface area contributed by atoms with E-state index in [1.807, 2.05) is 0 Å². The highest BCUT2D eigenvalue weighted by molar-refractivity contribution is 7.80. The number of halogens is 2. The lowest BCUT2D eigenvalue weighted by molar-refractivity contribution is 0.0939. The molecule has 3 N–H and O–H groups in total. The summed E-state index contributed by atoms with van der Waals surface area (Å²) in [7, 11) is 1.46. The van der Waals surface area contributed by atoms with Crippen molar-refractivity contribution in [3.63, 3.8) is 0 Å². The molecule has 0 bridgehead atoms. The van der Waals surface area contributed by atoms with E-state index in [0.29, 0.717) is 16.5 Å². The summed E-state index contributed by atoms with van der Waals surface area (Å²) < 4.78 is 14.3. The van der Waals surface area contributed by atoms with Gasteiger partial charge in [-0.15, -0.1) is 0 Å². The molecule has 0 spiro atoms. The quantitative estimate of drug-likeness (QED) is 0.448. The van der Waals surface area contributed by atoms with E-state index in [1.165, 1.54) is 25.2 Å². The van der Waals surface area contributed by atoms with Gasteiger partial charge in [0, 0.05) is 18.1 Å². The predicted molar refractivity (Wildman–Crippen MR) is 105 cm³/mol. The summed E-state index contributed by atoms with van der Waals surface area (Å²) in [5, 5.41) is 7.56. The Bertz CT molecular complexity index is 1120. The van der Waals surface area contributed by atoms with E-state index in [1.54, 1.807) is 24.3 Å². The lowest BCUT2D eigenvalue weighted by atomic mass is 10.1. The number of nitrogens with zero attached hydrogens (tertiary/aromatic N) is 2. The molecule has 0 atom stereocenters. The summed E-state index contributed by atoms with van der Waals surface area (Å²) in [5.41, 5.74) is 5.13. The third-order valence-corrected chi connectivity index (χ3v) is 4.13. The Kier molecular flexibility index (Phi) is 5.33. The summed E-state index contributed by atoms with van der Waals surface area (Å²) in [6.45, 7) is 0. The van der Waals surface area contributed by atoms with Gasteiger partial charge < -0.3 is 5.32 Å². The van der Waals surface area contributed by atoms with Gasteiger partial charge in [-0.3, -0.25) is 20.4 Å². The van der Waals surface area contributed by atoms with Gasteiger partial charge in [0.15, 0.2) is 10.8 Å². The van der Waals surface area contributed by atoms with E-state index >= 15 is 0 Å². The van der Waals surface area contributed by atoms with Crippen molar-refractivity contribution in [2.24, 2.45) is 7.05 Å². The number of benzene rings is 2. The maximum atomic E-state index is 13.2. The Morgan fingerprint density at radius 2 is 1.89 bits per heavy atom. The Hall–Kier alpha value is -3.04. The number of carbonyl (C=O) groups is 1. The minimum Gasteiger partial charge on any atom is -0.331 e. The van der Waals surface area contributed by atoms with E-state index in [2.05, 4.69) is 21.3 Å². The van der Waals surface area contributed by atoms with Gasteiger partial charge in [-0.25, -0.2) is 9.07 Å². The van der Waals surface area contributed by atoms with Crippen LogP contribution in [0.1, 0.15) is 10.5 Å². The molecule has 138 valence electrons. The Balaban J connectivity index is 1.73. The predicted octanol–water partition coefficient (Wildman–Crippen LogP) is 2.36. The molecule has 0 radical (unpaired) electrons. The van der Waals surface area contributed by atoms with Crippen LogP contribution >= 0.6 is 23.8 Å². The second-order valence-electron chi connectivity index (χ2n) is 5.49. The molecule has 0 aliphatic heterocycles. The van der Waals surface area contributed by atoms with E-state index in [4.69, 9.17) is 23.8 Å². The van der Waals surface area contributed by atoms with Crippen molar-refractivity contribution in [3.8, 4) is 0 Å². The minimum atomic E-state index is -0.580. The Labute approximate surface area is 163 Å². The van der Waals surface area contributed by atoms with Crippen LogP contribution in [-0.4, -0.2) is 20.8 Å². The molecular weight excluding hydrogens is 393 g/mol. The zero-order valence-electron chi connectivity index (χ0n) is 13.9. The van der Waals surface area contributed by atoms with E-state index < -0.39 is 11.7 Å². The van der Waals surface area contributed by atoms with Crippen molar-refractivity contribution in [3.05, 3.63) is 69.4 Å². The minimum absolute atomic E-state index is 0.0557. The fourth-order valence-corrected chi connectivity index (χ4v) is 2.73. The molecule has 7 nitrogen and oxygen atoms in total. The number of anilines is 1. The van der Waals surface area contributed by atoms with Crippen LogP contribution in [0.25, 0.3) is 10.8 Å². The summed E-state index contributed by atoms with van der Waals surface area (Å²) in [5.74, 6) is -1.13. The molecule has 0 aliphatic rings. The van der Waals surface area contributed by atoms with E-state index in [0.717, 1.165) is 4.68 Å². The number of hydrazine groups is 1. The number of hydrogen-bond donors (Lipinski definition) is 3. The van der Waals surface area contributed by atoms with Crippen LogP contribution in [0.15, 0.2) is 47.3 Å². The smallest absolute Gasteiger partial charge is 0.290 e. The van der Waals surface area contributed by atoms with Crippen molar-refractivity contribution in [2.75, 3.05) is 5.32 Å². The van der Waals surface area contributed by atoms with Crippen molar-refractivity contribution in [1.29, 1.82) is 0 Å². The number of hydrogen-bond acceptors (Lipinski definition) is 4. The number of carbonyl (C=O) groups excluding carboxylic acids is 1. The zero-order valence-corrected chi connectivity index (χ0v) is 15.5. The van der Waals surface area contributed by atoms with Gasteiger partial charge in [-0.1, -0.05) is 29.8 Å². The summed E-state index contributed by atoms with van der Waals surface area (Å²) >= 11 is 10.8. The second-order valence-corrected chi connectivity index (χ2v) is 6.30. The highest BCUT2D eigenvalue weighted by atomic mass is 35.5. The third-order valence-electron chi connectivity index (χ3n) is 3.64. The van der Waals surface area contributed by atoms with Crippen molar-refractivity contribution in [2.45, 2.75) is 0 Å². The molecule has 1 aromatic heterocycles. The number of thiocarbonyl (C=S) groups is 1. The van der Waals surface area contributed by atoms with Crippen LogP contribution in [0.4, 0.5) is 10.1 Å². The molecule has 1 amide bonds. The van der Waals surface area contributed by atoms with Crippen LogP contribution in [0.2, 0.25) is 5.02 Å². The molecule has 3 rings (SSSR count). The van der Waals surface area contributed by atoms with E-state index in [9.17, 15) is 14.0 Å². The molecule has 0 aliphatic carbocycles. The maximum absolute atomic E-state index is 13.2. The number of aryl methyl sites for hydroxylation is 1. The van der Waals surface area contributed by atoms with Crippen LogP contribution in [0.5, 0.6) is 0 Å². The lowest BCUT2D eigenvalue weighted by Gasteiger charge is -2.13. The van der Waals surface area contributed by atoms with Gasteiger partial charge in [-0.05, 0) is 36.5 Å². The maximum Gasteiger partial charge on any atom is 0.290 e. The SMILES string of the molecule is Cn1nc(C(=O)NNC(=S)Nc2ccc(F)c(Cl)c2)c2ccccc2c1=O. The number of fused-ring (bicyclic) bond motifs is 1. The first-order chi connectivity index (χ1) is 12.9. The third kappa shape index (κ3) is 4.04. The summed E-state index contributed by atoms with van der Waals surface area (Å²) in [6, 6.07) is 10.7. The molecule has 0 saturated heterocycles. The van der Waals surface area contributed by atoms with Crippen molar-refractivity contribution in [1.82, 2.24) is 20.6 Å². The molecular formula is C17H13ClFN5O2S. The Morgan fingerprint density at radius 1 is 1.19 bits per heavy atom. The zero-order chi connectivity index (χ0) is 19.6. The first kappa shape index (κ1) is 18.7. The van der Waals surface area contributed by atoms with Gasteiger partial charge in [0.25, 0.3) is 11.5 Å². The largest absolute Gasteiger partial charge is 0.331 e. The Morgan fingerprint density at radius 3 is 2.59 bits per heavy atom. The van der Waals surface area contributed by atoms with Gasteiger partial charge >= 0.3 is 0 Å². The molecule has 10 heteroatoms. The summed E-state index contributed by atoms with van der Waals surface area (Å²) in [4.78, 5) is 24.6. The fourth-order valence-electron chi connectivity index (χ4n) is 2.38. The first-order valence-corrected chi connectivity index (χ1v) is 8.44. The number of rotatable bonds is 2. The molecule has 3 aromatic rings. The molecule has 2 aromatic carbocycles. The van der Waals surface area contributed by atoms with E-state index in [-0.39, 0.29) is 21.4 Å². The number of amides is 1. The molecule has 0 unspecified atom stereocenters. The van der Waals surface area contributed by atoms with Crippen LogP contribution in [0, 0.1) is 5.82 Å². The molecule has 0 fully saturated rings. The van der Waals surface area contributed by atoms with Crippen molar-refractivity contribution >= 4 is 51.3 Å². The molecule has 27 heavy (non-hydrogen) atoms. The average Bonchev–Trinajstić information content (AvgIpc) is 2.66. The van der Waals surface area contributed by atoms with Gasteiger partial charge in [0.05, 0.1) is 10.4 Å². The van der Waals surface area contributed by atoms with Crippen LogP contribution < -0.4 is 21.7 Å². The molecule has 1 heterocycles. The topological polar surface area (TPSA) is 88.1 Å². The molecule has 0 saturated carbocycles. The standard InChI is InChI=1S/C17H13ClFN5O2S/c1-24-16(26)11-5-3-2-4-10(11)14(23-24)15(25)21-22-17(27)20-9-6-7-13(19)12(18)8-9/h2-8H,1H3,(H,21,25)(H2,20,22,27). The normalized spacial score (nSPS) is 10.5. The fraction of sp³-hybridized carbons (Fsp3) is 0.0588. The lowest BCUT2D eigenvalue weighted by Crippen LogP contribution is -2.44. The highest BCUT2D eigenvalue weighted by Gasteiger charge is 2.15. The van der Waals surface area contributed by atoms with Gasteiger partial charge in [-0.2, -0.15) is 5.10 Å².